The second kappa shape index (κ2) is 9.76. The van der Waals surface area contributed by atoms with Gasteiger partial charge in [-0.2, -0.15) is 0 Å². The van der Waals surface area contributed by atoms with Crippen molar-refractivity contribution >= 4 is 0 Å². The van der Waals surface area contributed by atoms with Gasteiger partial charge in [-0.15, -0.1) is 0 Å². The van der Waals surface area contributed by atoms with E-state index in [1.54, 1.807) is 0 Å². The molecule has 0 radical (unpaired) electrons. The predicted octanol–water partition coefficient (Wildman–Crippen LogP) is 3.09. The number of rotatable bonds is 6. The van der Waals surface area contributed by atoms with Gasteiger partial charge in [-0.3, -0.25) is 0 Å². The van der Waals surface area contributed by atoms with Crippen molar-refractivity contribution in [2.75, 3.05) is 13.2 Å². The van der Waals surface area contributed by atoms with Crippen LogP contribution in [0, 0.1) is 11.8 Å². The molecule has 72 valence electrons. The minimum Gasteiger partial charge on any atom is -0.381 e. The average Bonchev–Trinajstić information content (AvgIpc) is 1.85. The van der Waals surface area contributed by atoms with Crippen molar-refractivity contribution in [1.29, 1.82) is 0 Å². The van der Waals surface area contributed by atoms with Gasteiger partial charge in [-0.25, -0.2) is 0 Å². The molecule has 1 nitrogen and oxygen atoms in total. The van der Waals surface area contributed by atoms with Crippen molar-refractivity contribution in [3.8, 4) is 0 Å². The Morgan fingerprint density at radius 1 is 0.833 bits per heavy atom. The molecule has 0 aromatic heterocycles. The maximum atomic E-state index is 5.46. The van der Waals surface area contributed by atoms with Gasteiger partial charge in [0.1, 0.15) is 0 Å². The van der Waals surface area contributed by atoms with Crippen molar-refractivity contribution in [1.82, 2.24) is 0 Å². The second-order valence-corrected chi connectivity index (χ2v) is 3.98. The first-order chi connectivity index (χ1) is 5.13. The minimum atomic E-state index is 0. The summed E-state index contributed by atoms with van der Waals surface area (Å²) in [6.07, 6.45) is 2.39. The third kappa shape index (κ3) is 13.3. The largest absolute Gasteiger partial charge is 0.381 e. The van der Waals surface area contributed by atoms with Crippen molar-refractivity contribution in [2.45, 2.75) is 40.5 Å². The van der Waals surface area contributed by atoms with Gasteiger partial charge in [0.15, 0.2) is 0 Å². The van der Waals surface area contributed by atoms with Gasteiger partial charge in [0.25, 0.3) is 0 Å². The van der Waals surface area contributed by atoms with Crippen LogP contribution in [0.25, 0.3) is 0 Å². The van der Waals surface area contributed by atoms with Crippen LogP contribution in [-0.4, -0.2) is 13.2 Å². The summed E-state index contributed by atoms with van der Waals surface area (Å²) in [4.78, 5) is 0. The van der Waals surface area contributed by atoms with E-state index in [2.05, 4.69) is 27.7 Å². The number of hydrogen-bond donors (Lipinski definition) is 0. The Bertz CT molecular complexity index is 71.9. The van der Waals surface area contributed by atoms with Gasteiger partial charge < -0.3 is 4.74 Å². The van der Waals surface area contributed by atoms with Crippen molar-refractivity contribution in [3.63, 3.8) is 0 Å². The summed E-state index contributed by atoms with van der Waals surface area (Å²) >= 11 is 0. The molecule has 0 unspecified atom stereocenters. The van der Waals surface area contributed by atoms with E-state index in [1.165, 1.54) is 12.8 Å². The molecule has 0 aliphatic heterocycles. The molecular weight excluding hydrogens is 184 g/mol. The van der Waals surface area contributed by atoms with Crippen LogP contribution in [0.3, 0.4) is 0 Å². The van der Waals surface area contributed by atoms with Crippen LogP contribution >= 0.6 is 0 Å². The van der Waals surface area contributed by atoms with Crippen LogP contribution in [0.5, 0.6) is 0 Å². The standard InChI is InChI=1S/C10H22O.Ti/c1-9(2)5-7-11-8-6-10(3)4;/h9-10H,5-8H2,1-4H3;. The van der Waals surface area contributed by atoms with E-state index in [-0.39, 0.29) is 21.7 Å². The van der Waals surface area contributed by atoms with Crippen LogP contribution in [-0.2, 0) is 26.5 Å². The van der Waals surface area contributed by atoms with E-state index in [9.17, 15) is 0 Å². The first-order valence-electron chi connectivity index (χ1n) is 4.70. The molecule has 0 rings (SSSR count). The molecular formula is C10H22OTi. The first-order valence-corrected chi connectivity index (χ1v) is 4.70. The molecule has 0 aliphatic rings. The summed E-state index contributed by atoms with van der Waals surface area (Å²) in [5.41, 5.74) is 0. The average molecular weight is 206 g/mol. The summed E-state index contributed by atoms with van der Waals surface area (Å²) in [5, 5.41) is 0. The smallest absolute Gasteiger partial charge is 0.0468 e. The van der Waals surface area contributed by atoms with E-state index in [0.29, 0.717) is 0 Å². The molecule has 0 N–H and O–H groups in total. The SMILES string of the molecule is CC(C)CCOCCC(C)C.[Ti]. The molecule has 0 spiro atoms. The normalized spacial score (nSPS) is 10.5. The summed E-state index contributed by atoms with van der Waals surface area (Å²) in [5.74, 6) is 1.54. The quantitative estimate of drug-likeness (QED) is 0.479. The summed E-state index contributed by atoms with van der Waals surface area (Å²) in [6.45, 7) is 10.8. The zero-order valence-corrected chi connectivity index (χ0v) is 10.5. The Hall–Kier alpha value is 0.674. The van der Waals surface area contributed by atoms with E-state index in [1.807, 2.05) is 0 Å². The second-order valence-electron chi connectivity index (χ2n) is 3.98. The van der Waals surface area contributed by atoms with Crippen molar-refractivity contribution in [2.24, 2.45) is 11.8 Å². The van der Waals surface area contributed by atoms with Crippen LogP contribution < -0.4 is 0 Å². The third-order valence-corrected chi connectivity index (χ3v) is 1.68. The molecule has 0 atom stereocenters. The van der Waals surface area contributed by atoms with Crippen molar-refractivity contribution < 1.29 is 26.5 Å². The Kier molecular flexibility index (Phi) is 12.3. The van der Waals surface area contributed by atoms with Crippen LogP contribution in [0.1, 0.15) is 40.5 Å². The van der Waals surface area contributed by atoms with Gasteiger partial charge in [-0.1, -0.05) is 27.7 Å². The van der Waals surface area contributed by atoms with E-state index < -0.39 is 0 Å². The van der Waals surface area contributed by atoms with Gasteiger partial charge in [-0.05, 0) is 24.7 Å². The van der Waals surface area contributed by atoms with Crippen LogP contribution in [0.4, 0.5) is 0 Å². The molecule has 12 heavy (non-hydrogen) atoms. The number of ether oxygens (including phenoxy) is 1. The molecule has 2 heteroatoms. The molecule has 0 saturated heterocycles. The Morgan fingerprint density at radius 2 is 1.17 bits per heavy atom. The molecule has 0 fully saturated rings. The van der Waals surface area contributed by atoms with Gasteiger partial charge >= 0.3 is 0 Å². The molecule has 0 aromatic carbocycles. The molecule has 0 aliphatic carbocycles. The molecule has 0 bridgehead atoms. The summed E-state index contributed by atoms with van der Waals surface area (Å²) in [6, 6.07) is 0. The van der Waals surface area contributed by atoms with E-state index >= 15 is 0 Å². The Morgan fingerprint density at radius 3 is 1.42 bits per heavy atom. The Labute approximate surface area is 92.1 Å². The minimum absolute atomic E-state index is 0. The summed E-state index contributed by atoms with van der Waals surface area (Å²) in [7, 11) is 0. The fourth-order valence-electron chi connectivity index (χ4n) is 0.740. The maximum absolute atomic E-state index is 5.46. The Balaban J connectivity index is 0. The first kappa shape index (κ1) is 15.2. The summed E-state index contributed by atoms with van der Waals surface area (Å²) < 4.78 is 5.46. The van der Waals surface area contributed by atoms with Gasteiger partial charge in [0, 0.05) is 34.9 Å². The topological polar surface area (TPSA) is 9.23 Å². The maximum Gasteiger partial charge on any atom is 0.0468 e. The molecule has 0 heterocycles. The van der Waals surface area contributed by atoms with Crippen LogP contribution in [0.2, 0.25) is 0 Å². The fraction of sp³-hybridized carbons (Fsp3) is 1.00. The third-order valence-electron chi connectivity index (χ3n) is 1.68. The van der Waals surface area contributed by atoms with Crippen molar-refractivity contribution in [3.05, 3.63) is 0 Å². The van der Waals surface area contributed by atoms with Gasteiger partial charge in [0.2, 0.25) is 0 Å². The molecule has 0 aromatic rings. The number of hydrogen-bond acceptors (Lipinski definition) is 1. The van der Waals surface area contributed by atoms with E-state index in [0.717, 1.165) is 25.0 Å². The molecule has 0 amide bonds. The van der Waals surface area contributed by atoms with Gasteiger partial charge in [0.05, 0.1) is 0 Å². The zero-order chi connectivity index (χ0) is 8.69. The zero-order valence-electron chi connectivity index (χ0n) is 8.89. The molecule has 0 saturated carbocycles. The fourth-order valence-corrected chi connectivity index (χ4v) is 0.740. The van der Waals surface area contributed by atoms with Crippen LogP contribution in [0.15, 0.2) is 0 Å². The van der Waals surface area contributed by atoms with E-state index in [4.69, 9.17) is 4.74 Å². The monoisotopic (exact) mass is 206 g/mol. The predicted molar refractivity (Wildman–Crippen MR) is 49.7 cm³/mol.